The van der Waals surface area contributed by atoms with E-state index in [-0.39, 0.29) is 50.5 Å². The van der Waals surface area contributed by atoms with Crippen molar-refractivity contribution in [2.75, 3.05) is 0 Å². The quantitative estimate of drug-likeness (QED) is 0.302. The van der Waals surface area contributed by atoms with Crippen LogP contribution in [-0.4, -0.2) is 0 Å². The van der Waals surface area contributed by atoms with Gasteiger partial charge in [0.1, 0.15) is 0 Å². The molecule has 0 N–H and O–H groups in total. The van der Waals surface area contributed by atoms with Crippen LogP contribution in [0.25, 0.3) is 0 Å². The van der Waals surface area contributed by atoms with Gasteiger partial charge in [0.15, 0.2) is 0 Å². The minimum Gasteiger partial charge on any atom is -1.00 e. The molecule has 0 aromatic heterocycles. The zero-order chi connectivity index (χ0) is 2.71. The maximum atomic E-state index is 3.25. The van der Waals surface area contributed by atoms with Crippen molar-refractivity contribution in [1.82, 2.24) is 0 Å². The second kappa shape index (κ2) is 36.5. The van der Waals surface area contributed by atoms with Gasteiger partial charge in [-0.25, -0.2) is 19.6 Å². The van der Waals surface area contributed by atoms with Gasteiger partial charge in [0.25, 0.3) is 0 Å². The molecular weight excluding hydrogens is 255 g/mol. The van der Waals surface area contributed by atoms with Crippen LogP contribution in [0.15, 0.2) is 12.7 Å². The largest absolute Gasteiger partial charge is 3.00 e. The van der Waals surface area contributed by atoms with E-state index in [0.29, 0.717) is 0 Å². The van der Waals surface area contributed by atoms with Gasteiger partial charge in [0.05, 0.1) is 0 Å². The molecule has 0 aliphatic carbocycles. The zero-order valence-corrected chi connectivity index (χ0v) is 7.22. The second-order valence-electron chi connectivity index (χ2n) is 0.289. The Morgan fingerprint density at radius 1 is 1.33 bits per heavy atom. The van der Waals surface area contributed by atoms with Crippen LogP contribution < -0.4 is 34.0 Å². The van der Waals surface area contributed by atoms with E-state index in [0.717, 1.165) is 0 Å². The van der Waals surface area contributed by atoms with Crippen molar-refractivity contribution in [2.24, 2.45) is 0 Å². The van der Waals surface area contributed by atoms with E-state index in [1.54, 1.807) is 0 Å². The molecule has 0 heterocycles. The van der Waals surface area contributed by atoms with Crippen molar-refractivity contribution in [2.45, 2.75) is 0 Å². The molecule has 0 amide bonds. The Hall–Kier alpha value is 1.06. The summed E-state index contributed by atoms with van der Waals surface area (Å²) in [6.07, 6.45) is 1.50. The number of halogens is 2. The summed E-state index contributed by atoms with van der Waals surface area (Å²) >= 11 is 0. The van der Waals surface area contributed by atoms with E-state index in [9.17, 15) is 0 Å². The molecule has 0 aliphatic heterocycles. The van der Waals surface area contributed by atoms with Gasteiger partial charge in [-0.05, 0) is 0 Å². The topological polar surface area (TPSA) is 0 Å². The Labute approximate surface area is 69.9 Å². The summed E-state index contributed by atoms with van der Waals surface area (Å²) in [6, 6.07) is 0. The van der Waals surface area contributed by atoms with Gasteiger partial charge in [-0.1, -0.05) is 0 Å². The molecule has 0 aliphatic rings. The van der Waals surface area contributed by atoms with Crippen molar-refractivity contribution in [3.8, 4) is 0 Å². The summed E-state index contributed by atoms with van der Waals surface area (Å²) < 4.78 is 0. The molecule has 3 heteroatoms. The fourth-order valence-corrected chi connectivity index (χ4v) is 0. The predicted molar refractivity (Wildman–Crippen MR) is 15.6 cm³/mol. The van der Waals surface area contributed by atoms with Gasteiger partial charge in [-0.2, -0.15) is 0 Å². The smallest absolute Gasteiger partial charge is 1.00 e. The number of allylic oxidation sites excluding steroid dienone is 1. The molecule has 0 saturated heterocycles. The van der Waals surface area contributed by atoms with Crippen molar-refractivity contribution in [1.29, 1.82) is 0 Å². The molecule has 0 saturated carbocycles. The molecule has 0 fully saturated rings. The third kappa shape index (κ3) is 73.9. The maximum absolute atomic E-state index is 3.25. The van der Waals surface area contributed by atoms with Crippen molar-refractivity contribution < 1.29 is 50.5 Å². The van der Waals surface area contributed by atoms with Crippen molar-refractivity contribution in [3.63, 3.8) is 0 Å². The van der Waals surface area contributed by atoms with Crippen LogP contribution in [-0.2, 0) is 16.5 Å². The summed E-state index contributed by atoms with van der Waals surface area (Å²) in [4.78, 5) is 0. The monoisotopic (exact) mass is 257 g/mol. The summed E-state index contributed by atoms with van der Waals surface area (Å²) in [5.74, 6) is 0. The Morgan fingerprint density at radius 3 is 1.33 bits per heavy atom. The van der Waals surface area contributed by atoms with Crippen LogP contribution in [0.3, 0.4) is 0 Å². The Kier molecular flexibility index (Phi) is 168. The van der Waals surface area contributed by atoms with Gasteiger partial charge in [0.2, 0.25) is 0 Å². The van der Waals surface area contributed by atoms with E-state index in [1.807, 2.05) is 0 Å². The fraction of sp³-hybridized carbons (Fsp3) is 0. The van der Waals surface area contributed by atoms with E-state index < -0.39 is 0 Å². The Morgan fingerprint density at radius 2 is 1.33 bits per heavy atom. The molecule has 41 valence electrons. The standard InChI is InChI=1S/C3H5.2BrH.Ni/c1-3-2;;;/h3H,1-2H2;2*1H;/q-1;;;+3/p-2. The first-order valence-electron chi connectivity index (χ1n) is 0.816. The molecule has 0 spiro atoms. The molecule has 0 nitrogen and oxygen atoms in total. The molecule has 1 radical (unpaired) electrons. The van der Waals surface area contributed by atoms with Crippen molar-refractivity contribution in [3.05, 3.63) is 19.6 Å². The molecule has 0 aromatic carbocycles. The van der Waals surface area contributed by atoms with Crippen LogP contribution in [0.2, 0.25) is 0 Å². The first kappa shape index (κ1) is 27.7. The summed E-state index contributed by atoms with van der Waals surface area (Å²) in [5.41, 5.74) is 0. The molecule has 0 bridgehead atoms. The third-order valence-corrected chi connectivity index (χ3v) is 0. The van der Waals surface area contributed by atoms with Crippen LogP contribution in [0, 0.1) is 6.92 Å². The van der Waals surface area contributed by atoms with Gasteiger partial charge < -0.3 is 34.0 Å². The minimum atomic E-state index is 0. The van der Waals surface area contributed by atoms with E-state index >= 15 is 0 Å². The molecule has 0 rings (SSSR count). The average Bonchev–Trinajstić information content (AvgIpc) is 0.918. The van der Waals surface area contributed by atoms with Crippen LogP contribution >= 0.6 is 0 Å². The molecule has 0 atom stereocenters. The van der Waals surface area contributed by atoms with E-state index in [4.69, 9.17) is 0 Å². The van der Waals surface area contributed by atoms with E-state index in [1.165, 1.54) is 6.08 Å². The first-order valence-corrected chi connectivity index (χ1v) is 0.816. The Bertz CT molecular complexity index is 16.3. The summed E-state index contributed by atoms with van der Waals surface area (Å²) in [7, 11) is 0. The molecule has 0 aromatic rings. The fourth-order valence-electron chi connectivity index (χ4n) is 0. The maximum Gasteiger partial charge on any atom is 3.00 e. The summed E-state index contributed by atoms with van der Waals surface area (Å²) in [5, 5.41) is 0. The third-order valence-electron chi connectivity index (χ3n) is 0. The minimum absolute atomic E-state index is 0. The number of hydrogen-bond donors (Lipinski definition) is 0. The molecule has 0 unspecified atom stereocenters. The van der Waals surface area contributed by atoms with Gasteiger partial charge in [-0.15, -0.1) is 0 Å². The van der Waals surface area contributed by atoms with Crippen molar-refractivity contribution >= 4 is 0 Å². The van der Waals surface area contributed by atoms with Crippen LogP contribution in [0.1, 0.15) is 0 Å². The average molecular weight is 260 g/mol. The van der Waals surface area contributed by atoms with Gasteiger partial charge in [-0.3, -0.25) is 0 Å². The van der Waals surface area contributed by atoms with Crippen LogP contribution in [0.5, 0.6) is 0 Å². The predicted octanol–water partition coefficient (Wildman–Crippen LogP) is -4.99. The molecule has 6 heavy (non-hydrogen) atoms. The second-order valence-corrected chi connectivity index (χ2v) is 0.289. The normalized spacial score (nSPS) is 2.00. The zero-order valence-electron chi connectivity index (χ0n) is 3.06. The SMILES string of the molecule is C=C[CH2-].[Br-].[Br-].[Ni+3]. The number of hydrogen-bond acceptors (Lipinski definition) is 0. The number of rotatable bonds is 0. The van der Waals surface area contributed by atoms with Gasteiger partial charge in [0, 0.05) is 0 Å². The van der Waals surface area contributed by atoms with E-state index in [2.05, 4.69) is 13.5 Å². The Balaban J connectivity index is -0.00000000667. The van der Waals surface area contributed by atoms with Gasteiger partial charge >= 0.3 is 16.5 Å². The van der Waals surface area contributed by atoms with Crippen LogP contribution in [0.4, 0.5) is 0 Å². The first-order chi connectivity index (χ1) is 1.41. The molecular formula is C3H5Br2Ni. The summed E-state index contributed by atoms with van der Waals surface area (Å²) in [6.45, 7) is 6.50.